The molecule has 4 rings (SSSR count). The molecule has 2 aliphatic rings. The molecule has 0 spiro atoms. The van der Waals surface area contributed by atoms with Crippen molar-refractivity contribution in [1.82, 2.24) is 9.88 Å². The predicted octanol–water partition coefficient (Wildman–Crippen LogP) is 5.11. The summed E-state index contributed by atoms with van der Waals surface area (Å²) in [7, 11) is 0. The summed E-state index contributed by atoms with van der Waals surface area (Å²) in [6.07, 6.45) is 9.44. The van der Waals surface area contributed by atoms with Crippen molar-refractivity contribution in [3.63, 3.8) is 0 Å². The maximum atomic E-state index is 14.3. The van der Waals surface area contributed by atoms with Crippen LogP contribution in [0.5, 0.6) is 0 Å². The average molecular weight is 410 g/mol. The maximum Gasteiger partial charge on any atom is 0.254 e. The number of halogens is 1. The molecule has 1 saturated carbocycles. The van der Waals surface area contributed by atoms with Crippen LogP contribution < -0.4 is 5.32 Å². The largest absolute Gasteiger partial charge is 0.330 e. The fraction of sp³-hybridized carbons (Fsp3) is 0.458. The Morgan fingerprint density at radius 1 is 1.07 bits per heavy atom. The first-order valence-corrected chi connectivity index (χ1v) is 10.9. The average Bonchev–Trinajstić information content (AvgIpc) is 3.26. The molecular formula is C24H28FN3O2. The number of carbonyl (C=O) groups is 2. The fourth-order valence-corrected chi connectivity index (χ4v) is 4.70. The van der Waals surface area contributed by atoms with Crippen molar-refractivity contribution in [1.29, 1.82) is 0 Å². The number of nitrogens with one attached hydrogen (secondary N) is 1. The van der Waals surface area contributed by atoms with E-state index in [1.165, 1.54) is 25.0 Å². The molecule has 1 N–H and O–H groups in total. The number of amides is 2. The van der Waals surface area contributed by atoms with Gasteiger partial charge in [0.05, 0.1) is 11.7 Å². The Balaban J connectivity index is 1.50. The number of rotatable bonds is 5. The van der Waals surface area contributed by atoms with E-state index in [1.807, 2.05) is 18.2 Å². The molecule has 1 atom stereocenters. The lowest BCUT2D eigenvalue weighted by atomic mass is 9.97. The van der Waals surface area contributed by atoms with Gasteiger partial charge in [0.2, 0.25) is 5.91 Å². The van der Waals surface area contributed by atoms with Crippen molar-refractivity contribution in [2.45, 2.75) is 57.4 Å². The molecule has 2 aromatic rings. The number of benzene rings is 1. The molecule has 2 fully saturated rings. The zero-order chi connectivity index (χ0) is 20.9. The number of carbonyl (C=O) groups excluding carboxylic acids is 2. The predicted molar refractivity (Wildman–Crippen MR) is 113 cm³/mol. The van der Waals surface area contributed by atoms with Gasteiger partial charge in [-0.05, 0) is 68.4 Å². The highest BCUT2D eigenvalue weighted by Gasteiger charge is 2.30. The van der Waals surface area contributed by atoms with Crippen molar-refractivity contribution in [3.8, 4) is 0 Å². The van der Waals surface area contributed by atoms with E-state index in [0.29, 0.717) is 24.6 Å². The van der Waals surface area contributed by atoms with Crippen LogP contribution in [0.1, 0.15) is 73.5 Å². The lowest BCUT2D eigenvalue weighted by Gasteiger charge is -2.35. The van der Waals surface area contributed by atoms with Gasteiger partial charge in [0.1, 0.15) is 5.82 Å². The minimum Gasteiger partial charge on any atom is -0.330 e. The summed E-state index contributed by atoms with van der Waals surface area (Å²) in [5, 5.41) is 2.79. The smallest absolute Gasteiger partial charge is 0.254 e. The van der Waals surface area contributed by atoms with Crippen molar-refractivity contribution >= 4 is 17.5 Å². The third kappa shape index (κ3) is 4.86. The Bertz CT molecular complexity index is 897. The Morgan fingerprint density at radius 3 is 2.63 bits per heavy atom. The number of anilines is 1. The maximum absolute atomic E-state index is 14.3. The summed E-state index contributed by atoms with van der Waals surface area (Å²) in [5.74, 6) is -0.457. The molecule has 1 unspecified atom stereocenters. The molecule has 0 radical (unpaired) electrons. The number of hydrogen-bond acceptors (Lipinski definition) is 3. The highest BCUT2D eigenvalue weighted by atomic mass is 19.1. The topological polar surface area (TPSA) is 62.3 Å². The molecule has 1 aromatic carbocycles. The van der Waals surface area contributed by atoms with E-state index in [2.05, 4.69) is 10.3 Å². The molecule has 0 bridgehead atoms. The molecule has 1 aliphatic heterocycles. The highest BCUT2D eigenvalue weighted by molar-refractivity contribution is 5.97. The van der Waals surface area contributed by atoms with Crippen LogP contribution in [0.2, 0.25) is 0 Å². The van der Waals surface area contributed by atoms with Crippen LogP contribution in [0, 0.1) is 11.7 Å². The van der Waals surface area contributed by atoms with Crippen molar-refractivity contribution in [3.05, 3.63) is 59.7 Å². The quantitative estimate of drug-likeness (QED) is 0.747. The van der Waals surface area contributed by atoms with Crippen LogP contribution in [0.4, 0.5) is 10.1 Å². The second-order valence-corrected chi connectivity index (χ2v) is 8.40. The minimum atomic E-state index is -0.525. The van der Waals surface area contributed by atoms with E-state index < -0.39 is 5.82 Å². The second kappa shape index (κ2) is 9.37. The van der Waals surface area contributed by atoms with Crippen LogP contribution in [0.15, 0.2) is 42.6 Å². The van der Waals surface area contributed by atoms with E-state index in [4.69, 9.17) is 0 Å². The molecule has 5 nitrogen and oxygen atoms in total. The van der Waals surface area contributed by atoms with Crippen molar-refractivity contribution in [2.75, 3.05) is 11.9 Å². The van der Waals surface area contributed by atoms with Crippen LogP contribution in [0.3, 0.4) is 0 Å². The number of piperidine rings is 1. The Morgan fingerprint density at radius 2 is 1.87 bits per heavy atom. The van der Waals surface area contributed by atoms with Crippen LogP contribution in [-0.2, 0) is 4.79 Å². The number of hydrogen-bond donors (Lipinski definition) is 1. The lowest BCUT2D eigenvalue weighted by molar-refractivity contribution is -0.117. The molecule has 1 aliphatic carbocycles. The molecule has 2 amide bonds. The molecule has 2 heterocycles. The van der Waals surface area contributed by atoms with E-state index in [-0.39, 0.29) is 23.4 Å². The highest BCUT2D eigenvalue weighted by Crippen LogP contribution is 2.32. The van der Waals surface area contributed by atoms with Gasteiger partial charge in [-0.15, -0.1) is 0 Å². The van der Waals surface area contributed by atoms with Crippen LogP contribution in [-0.4, -0.2) is 28.2 Å². The fourth-order valence-electron chi connectivity index (χ4n) is 4.70. The zero-order valence-corrected chi connectivity index (χ0v) is 17.1. The Labute approximate surface area is 176 Å². The van der Waals surface area contributed by atoms with Crippen LogP contribution >= 0.6 is 0 Å². The normalized spacial score (nSPS) is 19.6. The zero-order valence-electron chi connectivity index (χ0n) is 17.1. The minimum absolute atomic E-state index is 0.115. The monoisotopic (exact) mass is 409 g/mol. The first-order valence-electron chi connectivity index (χ1n) is 10.9. The molecule has 1 saturated heterocycles. The third-order valence-corrected chi connectivity index (χ3v) is 6.17. The summed E-state index contributed by atoms with van der Waals surface area (Å²) in [6, 6.07) is 9.69. The van der Waals surface area contributed by atoms with Gasteiger partial charge in [-0.3, -0.25) is 14.6 Å². The standard InChI is InChI=1S/C24H28FN3O2/c25-19-14-18(15-20(16-19)27-23(29)13-17-7-1-2-8-17)24(30)28-12-6-4-10-22(28)21-9-3-5-11-26-21/h3,5,9,11,14-17,22H,1-2,4,6-8,10,12-13H2,(H,27,29). The first kappa shape index (κ1) is 20.5. The van der Waals surface area contributed by atoms with Gasteiger partial charge in [0, 0.05) is 30.4 Å². The number of likely N-dealkylation sites (tertiary alicyclic amines) is 1. The van der Waals surface area contributed by atoms with Gasteiger partial charge >= 0.3 is 0 Å². The van der Waals surface area contributed by atoms with Crippen molar-refractivity contribution < 1.29 is 14.0 Å². The summed E-state index contributed by atoms with van der Waals surface area (Å²) >= 11 is 0. The molecule has 30 heavy (non-hydrogen) atoms. The lowest BCUT2D eigenvalue weighted by Crippen LogP contribution is -2.39. The molecular weight excluding hydrogens is 381 g/mol. The summed E-state index contributed by atoms with van der Waals surface area (Å²) in [6.45, 7) is 0.611. The first-order chi connectivity index (χ1) is 14.6. The third-order valence-electron chi connectivity index (χ3n) is 6.17. The summed E-state index contributed by atoms with van der Waals surface area (Å²) < 4.78 is 14.3. The Hall–Kier alpha value is -2.76. The van der Waals surface area contributed by atoms with Gasteiger partial charge in [-0.25, -0.2) is 4.39 Å². The van der Waals surface area contributed by atoms with Gasteiger partial charge in [-0.1, -0.05) is 18.9 Å². The van der Waals surface area contributed by atoms with Gasteiger partial charge in [-0.2, -0.15) is 0 Å². The SMILES string of the molecule is O=C(CC1CCCC1)Nc1cc(F)cc(C(=O)N2CCCCC2c2ccccn2)c1. The molecule has 1 aromatic heterocycles. The summed E-state index contributed by atoms with van der Waals surface area (Å²) in [5.41, 5.74) is 1.45. The van der Waals surface area contributed by atoms with E-state index in [0.717, 1.165) is 37.8 Å². The van der Waals surface area contributed by atoms with E-state index >= 15 is 0 Å². The van der Waals surface area contributed by atoms with Crippen LogP contribution in [0.25, 0.3) is 0 Å². The summed E-state index contributed by atoms with van der Waals surface area (Å²) in [4.78, 5) is 31.8. The van der Waals surface area contributed by atoms with Gasteiger partial charge < -0.3 is 10.2 Å². The Kier molecular flexibility index (Phi) is 6.41. The second-order valence-electron chi connectivity index (χ2n) is 8.40. The van der Waals surface area contributed by atoms with E-state index in [9.17, 15) is 14.0 Å². The van der Waals surface area contributed by atoms with Gasteiger partial charge in [0.25, 0.3) is 5.91 Å². The van der Waals surface area contributed by atoms with E-state index in [1.54, 1.807) is 17.2 Å². The van der Waals surface area contributed by atoms with Crippen molar-refractivity contribution in [2.24, 2.45) is 5.92 Å². The number of aromatic nitrogens is 1. The number of pyridine rings is 1. The van der Waals surface area contributed by atoms with Gasteiger partial charge in [0.15, 0.2) is 0 Å². The molecule has 158 valence electrons. The number of nitrogens with zero attached hydrogens (tertiary/aromatic N) is 2. The molecule has 6 heteroatoms.